The molecule has 0 saturated carbocycles. The summed E-state index contributed by atoms with van der Waals surface area (Å²) in [4.78, 5) is 24.4. The van der Waals surface area contributed by atoms with Crippen LogP contribution in [-0.2, 0) is 4.79 Å². The highest BCUT2D eigenvalue weighted by molar-refractivity contribution is 7.80. The van der Waals surface area contributed by atoms with E-state index in [1.54, 1.807) is 24.3 Å². The van der Waals surface area contributed by atoms with Gasteiger partial charge in [0.1, 0.15) is 0 Å². The van der Waals surface area contributed by atoms with Crippen molar-refractivity contribution in [2.24, 2.45) is 0 Å². The van der Waals surface area contributed by atoms with E-state index in [4.69, 9.17) is 12.2 Å². The molecule has 0 aliphatic rings. The lowest BCUT2D eigenvalue weighted by atomic mass is 9.90. The third-order valence-electron chi connectivity index (χ3n) is 4.31. The van der Waals surface area contributed by atoms with Crippen LogP contribution >= 0.6 is 12.2 Å². The number of Topliss-reactive ketones (excluding diaryl/α,β-unsaturated/α-hetero) is 1. The van der Waals surface area contributed by atoms with Gasteiger partial charge in [0.15, 0.2) is 10.9 Å². The van der Waals surface area contributed by atoms with Crippen molar-refractivity contribution < 1.29 is 9.59 Å². The number of ketones is 1. The summed E-state index contributed by atoms with van der Waals surface area (Å²) in [5.74, 6) is -0.687. The first kappa shape index (κ1) is 19.5. The van der Waals surface area contributed by atoms with Crippen LogP contribution in [0.1, 0.15) is 34.3 Å². The summed E-state index contributed by atoms with van der Waals surface area (Å²) in [5.41, 5.74) is 3.10. The van der Waals surface area contributed by atoms with Gasteiger partial charge in [-0.05, 0) is 54.5 Å². The maximum Gasteiger partial charge on any atom is 0.238 e. The number of thiocarbonyl (C=S) groups is 1. The molecule has 0 radical (unpaired) electrons. The average Bonchev–Trinajstić information content (AvgIpc) is 2.70. The third-order valence-corrected chi connectivity index (χ3v) is 4.52. The zero-order valence-corrected chi connectivity index (χ0v) is 16.2. The Kier molecular flexibility index (Phi) is 6.29. The fourth-order valence-corrected chi connectivity index (χ4v) is 3.14. The van der Waals surface area contributed by atoms with Crippen molar-refractivity contribution in [2.45, 2.75) is 12.8 Å². The van der Waals surface area contributed by atoms with E-state index in [0.29, 0.717) is 11.3 Å². The van der Waals surface area contributed by atoms with Crippen LogP contribution in [0.3, 0.4) is 0 Å². The molecule has 0 saturated heterocycles. The number of anilines is 1. The number of amides is 1. The monoisotopic (exact) mass is 388 g/mol. The van der Waals surface area contributed by atoms with Gasteiger partial charge in [-0.1, -0.05) is 60.7 Å². The van der Waals surface area contributed by atoms with Crippen molar-refractivity contribution in [3.63, 3.8) is 0 Å². The molecule has 140 valence electrons. The van der Waals surface area contributed by atoms with Crippen LogP contribution in [0.2, 0.25) is 0 Å². The molecular formula is C23H20N2O2S. The number of rotatable bonds is 5. The van der Waals surface area contributed by atoms with Gasteiger partial charge >= 0.3 is 0 Å². The van der Waals surface area contributed by atoms with Gasteiger partial charge in [0.25, 0.3) is 0 Å². The minimum Gasteiger partial charge on any atom is -0.332 e. The van der Waals surface area contributed by atoms with E-state index < -0.39 is 5.92 Å². The van der Waals surface area contributed by atoms with Crippen molar-refractivity contribution >= 4 is 34.7 Å². The van der Waals surface area contributed by atoms with Crippen LogP contribution in [0, 0.1) is 0 Å². The molecule has 0 unspecified atom stereocenters. The molecule has 28 heavy (non-hydrogen) atoms. The Bertz CT molecular complexity index is 931. The molecule has 3 aromatic rings. The number of hydrogen-bond acceptors (Lipinski definition) is 3. The van der Waals surface area contributed by atoms with E-state index in [-0.39, 0.29) is 16.8 Å². The van der Waals surface area contributed by atoms with Gasteiger partial charge in [0.2, 0.25) is 5.91 Å². The van der Waals surface area contributed by atoms with Crippen molar-refractivity contribution in [1.29, 1.82) is 0 Å². The second kappa shape index (κ2) is 9.06. The average molecular weight is 388 g/mol. The van der Waals surface area contributed by atoms with E-state index in [1.807, 2.05) is 60.7 Å². The second-order valence-electron chi connectivity index (χ2n) is 6.33. The molecule has 0 aliphatic heterocycles. The predicted octanol–water partition coefficient (Wildman–Crippen LogP) is 4.53. The fraction of sp³-hybridized carbons (Fsp3) is 0.0870. The SMILES string of the molecule is CC(=O)c1ccc(NC(=S)NC(=O)C(c2ccccc2)c2ccccc2)cc1. The molecule has 3 aromatic carbocycles. The number of carbonyl (C=O) groups excluding carboxylic acids is 2. The first-order chi connectivity index (χ1) is 13.5. The van der Waals surface area contributed by atoms with Gasteiger partial charge in [-0.3, -0.25) is 9.59 Å². The van der Waals surface area contributed by atoms with Crippen LogP contribution in [0.15, 0.2) is 84.9 Å². The minimum absolute atomic E-state index is 0.00371. The largest absolute Gasteiger partial charge is 0.332 e. The van der Waals surface area contributed by atoms with Gasteiger partial charge in [-0.2, -0.15) is 0 Å². The maximum absolute atomic E-state index is 13.0. The first-order valence-electron chi connectivity index (χ1n) is 8.87. The molecule has 2 N–H and O–H groups in total. The van der Waals surface area contributed by atoms with Crippen molar-refractivity contribution in [3.8, 4) is 0 Å². The lowest BCUT2D eigenvalue weighted by Gasteiger charge is -2.18. The van der Waals surface area contributed by atoms with E-state index >= 15 is 0 Å². The Morgan fingerprint density at radius 1 is 0.786 bits per heavy atom. The highest BCUT2D eigenvalue weighted by Crippen LogP contribution is 2.24. The molecule has 3 rings (SSSR count). The van der Waals surface area contributed by atoms with E-state index in [0.717, 1.165) is 11.1 Å². The molecule has 4 nitrogen and oxygen atoms in total. The highest BCUT2D eigenvalue weighted by atomic mass is 32.1. The molecule has 0 aromatic heterocycles. The molecular weight excluding hydrogens is 368 g/mol. The molecule has 0 atom stereocenters. The summed E-state index contributed by atoms with van der Waals surface area (Å²) >= 11 is 5.31. The zero-order chi connectivity index (χ0) is 19.9. The van der Waals surface area contributed by atoms with Crippen molar-refractivity contribution in [3.05, 3.63) is 102 Å². The second-order valence-corrected chi connectivity index (χ2v) is 6.74. The fourth-order valence-electron chi connectivity index (χ4n) is 2.92. The quantitative estimate of drug-likeness (QED) is 0.498. The topological polar surface area (TPSA) is 58.2 Å². The number of carbonyl (C=O) groups is 2. The standard InChI is InChI=1S/C23H20N2O2S/c1-16(26)17-12-14-20(15-13-17)24-23(28)25-22(27)21(18-8-4-2-5-9-18)19-10-6-3-7-11-19/h2-15,21H,1H3,(H2,24,25,27,28). The van der Waals surface area contributed by atoms with Crippen LogP contribution in [0.25, 0.3) is 0 Å². The molecule has 0 bridgehead atoms. The lowest BCUT2D eigenvalue weighted by molar-refractivity contribution is -0.120. The van der Waals surface area contributed by atoms with Crippen LogP contribution in [-0.4, -0.2) is 16.8 Å². The Hall–Kier alpha value is -3.31. The Morgan fingerprint density at radius 3 is 1.75 bits per heavy atom. The molecule has 0 aliphatic carbocycles. The van der Waals surface area contributed by atoms with Crippen LogP contribution in [0.4, 0.5) is 5.69 Å². The third kappa shape index (κ3) is 4.90. The Balaban J connectivity index is 1.74. The normalized spacial score (nSPS) is 10.4. The van der Waals surface area contributed by atoms with Gasteiger partial charge in [0.05, 0.1) is 5.92 Å². The summed E-state index contributed by atoms with van der Waals surface area (Å²) in [6.07, 6.45) is 0. The lowest BCUT2D eigenvalue weighted by Crippen LogP contribution is -2.37. The van der Waals surface area contributed by atoms with Crippen LogP contribution in [0.5, 0.6) is 0 Å². The smallest absolute Gasteiger partial charge is 0.238 e. The molecule has 5 heteroatoms. The summed E-state index contributed by atoms with van der Waals surface area (Å²) in [6, 6.07) is 26.1. The number of nitrogens with one attached hydrogen (secondary N) is 2. The summed E-state index contributed by atoms with van der Waals surface area (Å²) in [5, 5.41) is 5.97. The molecule has 0 fully saturated rings. The van der Waals surface area contributed by atoms with Gasteiger partial charge in [0, 0.05) is 11.3 Å². The minimum atomic E-state index is -0.470. The van der Waals surface area contributed by atoms with E-state index in [2.05, 4.69) is 10.6 Å². The maximum atomic E-state index is 13.0. The predicted molar refractivity (Wildman–Crippen MR) is 116 cm³/mol. The van der Waals surface area contributed by atoms with E-state index in [9.17, 15) is 9.59 Å². The zero-order valence-electron chi connectivity index (χ0n) is 15.4. The Labute approximate surface area is 169 Å². The summed E-state index contributed by atoms with van der Waals surface area (Å²) in [6.45, 7) is 1.51. The highest BCUT2D eigenvalue weighted by Gasteiger charge is 2.23. The first-order valence-corrected chi connectivity index (χ1v) is 9.28. The molecule has 1 amide bonds. The Morgan fingerprint density at radius 2 is 1.29 bits per heavy atom. The molecule has 0 spiro atoms. The van der Waals surface area contributed by atoms with Gasteiger partial charge < -0.3 is 10.6 Å². The van der Waals surface area contributed by atoms with E-state index in [1.165, 1.54) is 6.92 Å². The van der Waals surface area contributed by atoms with Crippen molar-refractivity contribution in [2.75, 3.05) is 5.32 Å². The van der Waals surface area contributed by atoms with Crippen molar-refractivity contribution in [1.82, 2.24) is 5.32 Å². The summed E-state index contributed by atoms with van der Waals surface area (Å²) in [7, 11) is 0. The number of hydrogen-bond donors (Lipinski definition) is 2. The summed E-state index contributed by atoms with van der Waals surface area (Å²) < 4.78 is 0. The molecule has 0 heterocycles. The van der Waals surface area contributed by atoms with Gasteiger partial charge in [-0.15, -0.1) is 0 Å². The van der Waals surface area contributed by atoms with Crippen LogP contribution < -0.4 is 10.6 Å². The van der Waals surface area contributed by atoms with Gasteiger partial charge in [-0.25, -0.2) is 0 Å². The number of benzene rings is 3.